The average molecular weight is 268 g/mol. The van der Waals surface area contributed by atoms with E-state index in [9.17, 15) is 15.0 Å². The Kier molecular flexibility index (Phi) is 2.82. The molecule has 0 radical (unpaired) electrons. The van der Waals surface area contributed by atoms with Crippen LogP contribution in [0.5, 0.6) is 0 Å². The molecule has 1 saturated heterocycles. The van der Waals surface area contributed by atoms with Crippen molar-refractivity contribution >= 4 is 11.2 Å². The molecular formula is C10H12N4O5. The zero-order valence-electron chi connectivity index (χ0n) is 9.67. The van der Waals surface area contributed by atoms with Crippen LogP contribution in [-0.4, -0.2) is 60.2 Å². The van der Waals surface area contributed by atoms with Crippen molar-refractivity contribution in [2.24, 2.45) is 0 Å². The van der Waals surface area contributed by atoms with E-state index in [1.165, 1.54) is 12.1 Å². The highest BCUT2D eigenvalue weighted by Gasteiger charge is 2.44. The molecule has 3 heterocycles. The highest BCUT2D eigenvalue weighted by Crippen LogP contribution is 2.29. The van der Waals surface area contributed by atoms with Crippen LogP contribution in [0.15, 0.2) is 16.9 Å². The number of aliphatic hydroxyl groups excluding tert-OH is 3. The molecule has 1 fully saturated rings. The van der Waals surface area contributed by atoms with Crippen molar-refractivity contribution in [3.8, 4) is 0 Å². The second kappa shape index (κ2) is 4.38. The summed E-state index contributed by atoms with van der Waals surface area (Å²) < 4.78 is 6.41. The second-order valence-corrected chi connectivity index (χ2v) is 4.30. The summed E-state index contributed by atoms with van der Waals surface area (Å²) in [5.74, 6) is 0. The summed E-state index contributed by atoms with van der Waals surface area (Å²) >= 11 is 0. The van der Waals surface area contributed by atoms with E-state index in [1.54, 1.807) is 0 Å². The molecule has 2 aromatic rings. The normalized spacial score (nSPS) is 31.1. The molecule has 0 spiro atoms. The lowest BCUT2D eigenvalue weighted by Gasteiger charge is -2.17. The Balaban J connectivity index is 2.12. The van der Waals surface area contributed by atoms with Crippen molar-refractivity contribution in [3.05, 3.63) is 22.5 Å². The van der Waals surface area contributed by atoms with Crippen molar-refractivity contribution in [3.63, 3.8) is 0 Å². The van der Waals surface area contributed by atoms with Gasteiger partial charge in [0.25, 0.3) is 5.56 Å². The number of H-pyrrole nitrogens is 1. The highest BCUT2D eigenvalue weighted by molar-refractivity contribution is 5.69. The zero-order valence-corrected chi connectivity index (χ0v) is 9.67. The fraction of sp³-hybridized carbons (Fsp3) is 0.500. The van der Waals surface area contributed by atoms with Crippen LogP contribution in [0.25, 0.3) is 11.2 Å². The molecule has 0 bridgehead atoms. The molecule has 4 N–H and O–H groups in total. The van der Waals surface area contributed by atoms with E-state index in [0.717, 1.165) is 4.57 Å². The van der Waals surface area contributed by atoms with E-state index in [1.807, 2.05) is 0 Å². The van der Waals surface area contributed by atoms with Crippen LogP contribution in [0.2, 0.25) is 0 Å². The number of aromatic amines is 1. The van der Waals surface area contributed by atoms with E-state index < -0.39 is 36.7 Å². The van der Waals surface area contributed by atoms with Gasteiger partial charge in [-0.25, -0.2) is 0 Å². The van der Waals surface area contributed by atoms with Gasteiger partial charge < -0.3 is 20.1 Å². The smallest absolute Gasteiger partial charge is 0.254 e. The van der Waals surface area contributed by atoms with E-state index in [4.69, 9.17) is 9.84 Å². The Morgan fingerprint density at radius 3 is 2.79 bits per heavy atom. The molecule has 0 aromatic carbocycles. The molecule has 0 aliphatic carbocycles. The minimum Gasteiger partial charge on any atom is -0.394 e. The van der Waals surface area contributed by atoms with Crippen molar-refractivity contribution in [1.29, 1.82) is 0 Å². The van der Waals surface area contributed by atoms with Crippen LogP contribution in [0.4, 0.5) is 0 Å². The van der Waals surface area contributed by atoms with E-state index >= 15 is 0 Å². The molecule has 4 atom stereocenters. The SMILES string of the molecule is O=c1ccc2n[nH]nc2n1[C@H]1O[C@@H](CO)C(O)[C@H]1O. The first-order chi connectivity index (χ1) is 9.13. The van der Waals surface area contributed by atoms with E-state index in [2.05, 4.69) is 15.4 Å². The Bertz CT molecular complexity index is 653. The van der Waals surface area contributed by atoms with Crippen molar-refractivity contribution < 1.29 is 20.1 Å². The summed E-state index contributed by atoms with van der Waals surface area (Å²) in [5, 5.41) is 38.7. The topological polar surface area (TPSA) is 133 Å². The third-order valence-corrected chi connectivity index (χ3v) is 3.18. The van der Waals surface area contributed by atoms with Gasteiger partial charge in [0.05, 0.1) is 6.61 Å². The maximum Gasteiger partial charge on any atom is 0.254 e. The van der Waals surface area contributed by atoms with Gasteiger partial charge in [-0.2, -0.15) is 10.3 Å². The number of aliphatic hydroxyl groups is 3. The van der Waals surface area contributed by atoms with Gasteiger partial charge in [0.2, 0.25) is 0 Å². The van der Waals surface area contributed by atoms with Crippen LogP contribution in [0.1, 0.15) is 6.23 Å². The van der Waals surface area contributed by atoms with Gasteiger partial charge in [-0.3, -0.25) is 9.36 Å². The lowest BCUT2D eigenvalue weighted by Crippen LogP contribution is -2.35. The van der Waals surface area contributed by atoms with Gasteiger partial charge in [-0.1, -0.05) is 0 Å². The van der Waals surface area contributed by atoms with Gasteiger partial charge in [-0.15, -0.1) is 5.10 Å². The van der Waals surface area contributed by atoms with Crippen molar-refractivity contribution in [2.45, 2.75) is 24.5 Å². The first kappa shape index (κ1) is 12.2. The number of ether oxygens (including phenoxy) is 1. The number of hydrogen-bond donors (Lipinski definition) is 4. The van der Waals surface area contributed by atoms with E-state index in [-0.39, 0.29) is 5.65 Å². The lowest BCUT2D eigenvalue weighted by atomic mass is 10.1. The number of aromatic nitrogens is 4. The molecule has 3 rings (SSSR count). The lowest BCUT2D eigenvalue weighted by molar-refractivity contribution is -0.0524. The van der Waals surface area contributed by atoms with Crippen LogP contribution in [0.3, 0.4) is 0 Å². The predicted molar refractivity (Wildman–Crippen MR) is 61.2 cm³/mol. The molecule has 1 unspecified atom stereocenters. The summed E-state index contributed by atoms with van der Waals surface area (Å²) in [6.07, 6.45) is -4.68. The van der Waals surface area contributed by atoms with E-state index in [0.29, 0.717) is 5.52 Å². The minimum absolute atomic E-state index is 0.210. The fourth-order valence-corrected chi connectivity index (χ4v) is 2.20. The summed E-state index contributed by atoms with van der Waals surface area (Å²) in [4.78, 5) is 11.9. The number of fused-ring (bicyclic) bond motifs is 1. The molecule has 9 heteroatoms. The van der Waals surface area contributed by atoms with Gasteiger partial charge in [-0.05, 0) is 6.07 Å². The number of pyridine rings is 1. The summed E-state index contributed by atoms with van der Waals surface area (Å²) in [5.41, 5.74) is 0.191. The zero-order chi connectivity index (χ0) is 13.6. The first-order valence-corrected chi connectivity index (χ1v) is 5.68. The van der Waals surface area contributed by atoms with Gasteiger partial charge in [0, 0.05) is 6.07 Å². The van der Waals surface area contributed by atoms with Gasteiger partial charge in [0.15, 0.2) is 11.9 Å². The Morgan fingerprint density at radius 2 is 2.11 bits per heavy atom. The van der Waals surface area contributed by atoms with Crippen LogP contribution in [0, 0.1) is 0 Å². The first-order valence-electron chi connectivity index (χ1n) is 5.68. The van der Waals surface area contributed by atoms with Crippen LogP contribution >= 0.6 is 0 Å². The largest absolute Gasteiger partial charge is 0.394 e. The number of nitrogens with one attached hydrogen (secondary N) is 1. The third-order valence-electron chi connectivity index (χ3n) is 3.18. The molecular weight excluding hydrogens is 256 g/mol. The fourth-order valence-electron chi connectivity index (χ4n) is 2.20. The van der Waals surface area contributed by atoms with Crippen molar-refractivity contribution in [2.75, 3.05) is 6.61 Å². The maximum absolute atomic E-state index is 11.9. The molecule has 102 valence electrons. The highest BCUT2D eigenvalue weighted by atomic mass is 16.6. The third kappa shape index (κ3) is 1.75. The molecule has 0 amide bonds. The van der Waals surface area contributed by atoms with Crippen LogP contribution < -0.4 is 5.56 Å². The van der Waals surface area contributed by atoms with Crippen LogP contribution in [-0.2, 0) is 4.74 Å². The second-order valence-electron chi connectivity index (χ2n) is 4.30. The standard InChI is InChI=1S/C10H12N4O5/c15-3-5-7(17)8(18)10(19-5)14-6(16)2-1-4-9(14)12-13-11-4/h1-2,5,7-8,10,15,17-18H,3H2,(H,11,12,13)/t5-,7?,8+,10-/m0/s1. The quantitative estimate of drug-likeness (QED) is 0.482. The summed E-state index contributed by atoms with van der Waals surface area (Å²) in [7, 11) is 0. The minimum atomic E-state index is -1.34. The van der Waals surface area contributed by atoms with Gasteiger partial charge in [0.1, 0.15) is 23.8 Å². The Morgan fingerprint density at radius 1 is 1.32 bits per heavy atom. The molecule has 2 aromatic heterocycles. The summed E-state index contributed by atoms with van der Waals surface area (Å²) in [6.45, 7) is -0.460. The number of hydrogen-bond acceptors (Lipinski definition) is 7. The molecule has 1 aliphatic rings. The maximum atomic E-state index is 11.9. The Labute approximate surface area is 106 Å². The molecule has 1 aliphatic heterocycles. The molecule has 19 heavy (non-hydrogen) atoms. The monoisotopic (exact) mass is 268 g/mol. The number of nitrogens with zero attached hydrogens (tertiary/aromatic N) is 3. The van der Waals surface area contributed by atoms with Gasteiger partial charge >= 0.3 is 0 Å². The summed E-state index contributed by atoms with van der Waals surface area (Å²) in [6, 6.07) is 2.75. The predicted octanol–water partition coefficient (Wildman–Crippen LogP) is -2.27. The molecule has 9 nitrogen and oxygen atoms in total. The number of rotatable bonds is 2. The molecule has 0 saturated carbocycles. The Hall–Kier alpha value is -1.81. The van der Waals surface area contributed by atoms with Crippen molar-refractivity contribution in [1.82, 2.24) is 20.0 Å². The average Bonchev–Trinajstić information content (AvgIpc) is 2.97.